The summed E-state index contributed by atoms with van der Waals surface area (Å²) in [5, 5.41) is 2.79. The van der Waals surface area contributed by atoms with Gasteiger partial charge >= 0.3 is 0 Å². The Hall–Kier alpha value is -3.22. The van der Waals surface area contributed by atoms with E-state index in [-0.39, 0.29) is 43.3 Å². The van der Waals surface area contributed by atoms with Crippen molar-refractivity contribution in [1.82, 2.24) is 15.2 Å². The minimum absolute atomic E-state index is 0.0261. The molecule has 1 aromatic heterocycles. The van der Waals surface area contributed by atoms with Crippen LogP contribution in [0.5, 0.6) is 5.88 Å². The molecule has 7 nitrogen and oxygen atoms in total. The van der Waals surface area contributed by atoms with E-state index in [0.717, 1.165) is 16.0 Å². The van der Waals surface area contributed by atoms with Crippen molar-refractivity contribution in [2.75, 3.05) is 6.54 Å². The number of nitrogens with zero attached hydrogens (tertiary/aromatic N) is 2. The molecule has 1 aliphatic rings. The van der Waals surface area contributed by atoms with E-state index in [4.69, 9.17) is 4.74 Å². The maximum Gasteiger partial charge on any atom is 0.261 e. The maximum absolute atomic E-state index is 12.4. The molecule has 1 aromatic carbocycles. The van der Waals surface area contributed by atoms with Crippen LogP contribution in [0.2, 0.25) is 0 Å². The van der Waals surface area contributed by atoms with Gasteiger partial charge in [0.2, 0.25) is 11.8 Å². The third-order valence-corrected chi connectivity index (χ3v) is 4.36. The predicted octanol–water partition coefficient (Wildman–Crippen LogP) is 2.48. The van der Waals surface area contributed by atoms with E-state index in [9.17, 15) is 14.4 Å². The maximum atomic E-state index is 12.4. The van der Waals surface area contributed by atoms with E-state index in [2.05, 4.69) is 10.3 Å². The fourth-order valence-electron chi connectivity index (χ4n) is 2.99. The predicted molar refractivity (Wildman–Crippen MR) is 103 cm³/mol. The number of carbonyl (C=O) groups is 3. The molecule has 7 heteroatoms. The highest BCUT2D eigenvalue weighted by atomic mass is 16.5. The van der Waals surface area contributed by atoms with E-state index in [1.165, 1.54) is 0 Å². The number of ether oxygens (including phenoxy) is 1. The molecular formula is C21H23N3O4. The van der Waals surface area contributed by atoms with Crippen LogP contribution >= 0.6 is 0 Å². The van der Waals surface area contributed by atoms with Crippen LogP contribution in [0.1, 0.15) is 52.1 Å². The van der Waals surface area contributed by atoms with E-state index >= 15 is 0 Å². The van der Waals surface area contributed by atoms with Crippen LogP contribution in [0.15, 0.2) is 36.5 Å². The second-order valence-corrected chi connectivity index (χ2v) is 6.97. The molecule has 0 spiro atoms. The molecule has 0 aliphatic carbocycles. The largest absolute Gasteiger partial charge is 0.475 e. The Kier molecular flexibility index (Phi) is 5.73. The number of rotatable bonds is 7. The first-order valence-corrected chi connectivity index (χ1v) is 9.21. The van der Waals surface area contributed by atoms with Gasteiger partial charge in [-0.05, 0) is 39.0 Å². The Morgan fingerprint density at radius 1 is 1.18 bits per heavy atom. The van der Waals surface area contributed by atoms with Gasteiger partial charge in [-0.15, -0.1) is 0 Å². The molecule has 2 aromatic rings. The Labute approximate surface area is 163 Å². The summed E-state index contributed by atoms with van der Waals surface area (Å²) in [5.74, 6) is -0.482. The van der Waals surface area contributed by atoms with E-state index in [0.29, 0.717) is 17.0 Å². The quantitative estimate of drug-likeness (QED) is 0.745. The number of benzene rings is 1. The normalized spacial score (nSPS) is 13.1. The molecule has 1 aliphatic heterocycles. The van der Waals surface area contributed by atoms with Gasteiger partial charge in [0.05, 0.1) is 17.2 Å². The summed E-state index contributed by atoms with van der Waals surface area (Å²) in [5.41, 5.74) is 2.47. The molecule has 0 radical (unpaired) electrons. The first-order chi connectivity index (χ1) is 13.4. The molecule has 0 unspecified atom stereocenters. The highest BCUT2D eigenvalue weighted by Crippen LogP contribution is 2.24. The standard InChI is InChI=1S/C21H23N3O4/c1-13(2)28-19-15(5-4-9-22-19)12-23-18(25)8-10-24-20(26)16-7-6-14(3)11-17(16)21(24)27/h4-7,9,11,13H,8,10,12H2,1-3H3,(H,23,25). The topological polar surface area (TPSA) is 88.6 Å². The average molecular weight is 381 g/mol. The zero-order valence-corrected chi connectivity index (χ0v) is 16.2. The Morgan fingerprint density at radius 2 is 1.93 bits per heavy atom. The van der Waals surface area contributed by atoms with Gasteiger partial charge in [-0.2, -0.15) is 0 Å². The Bertz CT molecular complexity index is 924. The lowest BCUT2D eigenvalue weighted by atomic mass is 10.1. The number of nitrogens with one attached hydrogen (secondary N) is 1. The van der Waals surface area contributed by atoms with Crippen molar-refractivity contribution in [3.05, 3.63) is 58.8 Å². The summed E-state index contributed by atoms with van der Waals surface area (Å²) in [6, 6.07) is 8.76. The third-order valence-electron chi connectivity index (χ3n) is 4.36. The van der Waals surface area contributed by atoms with Gasteiger partial charge in [0, 0.05) is 31.3 Å². The first kappa shape index (κ1) is 19.5. The number of aryl methyl sites for hydroxylation is 1. The fraction of sp³-hybridized carbons (Fsp3) is 0.333. The summed E-state index contributed by atoms with van der Waals surface area (Å²) in [6.07, 6.45) is 1.64. The molecule has 0 atom stereocenters. The monoisotopic (exact) mass is 381 g/mol. The Morgan fingerprint density at radius 3 is 2.68 bits per heavy atom. The zero-order valence-electron chi connectivity index (χ0n) is 16.2. The fourth-order valence-corrected chi connectivity index (χ4v) is 2.99. The molecule has 3 rings (SSSR count). The van der Waals surface area contributed by atoms with Gasteiger partial charge in [0.25, 0.3) is 11.8 Å². The number of carbonyl (C=O) groups excluding carboxylic acids is 3. The van der Waals surface area contributed by atoms with Gasteiger partial charge in [-0.25, -0.2) is 4.98 Å². The van der Waals surface area contributed by atoms with Gasteiger partial charge < -0.3 is 10.1 Å². The van der Waals surface area contributed by atoms with E-state index in [1.54, 1.807) is 30.5 Å². The summed E-state index contributed by atoms with van der Waals surface area (Å²) < 4.78 is 5.63. The van der Waals surface area contributed by atoms with Crippen LogP contribution in [-0.2, 0) is 11.3 Å². The van der Waals surface area contributed by atoms with Crippen LogP contribution in [0.25, 0.3) is 0 Å². The van der Waals surface area contributed by atoms with Crippen molar-refractivity contribution in [1.29, 1.82) is 0 Å². The number of aromatic nitrogens is 1. The summed E-state index contributed by atoms with van der Waals surface area (Å²) >= 11 is 0. The summed E-state index contributed by atoms with van der Waals surface area (Å²) in [7, 11) is 0. The second-order valence-electron chi connectivity index (χ2n) is 6.97. The van der Waals surface area contributed by atoms with Crippen molar-refractivity contribution in [2.45, 2.75) is 39.8 Å². The van der Waals surface area contributed by atoms with E-state index in [1.807, 2.05) is 26.8 Å². The molecule has 0 saturated heterocycles. The van der Waals surface area contributed by atoms with Crippen molar-refractivity contribution >= 4 is 17.7 Å². The van der Waals surface area contributed by atoms with Gasteiger partial charge in [0.15, 0.2) is 0 Å². The molecular weight excluding hydrogens is 358 g/mol. The molecule has 0 bridgehead atoms. The lowest BCUT2D eigenvalue weighted by molar-refractivity contribution is -0.121. The zero-order chi connectivity index (χ0) is 20.3. The SMILES string of the molecule is Cc1ccc2c(c1)C(=O)N(CCC(=O)NCc1cccnc1OC(C)C)C2=O. The van der Waals surface area contributed by atoms with Crippen molar-refractivity contribution in [3.8, 4) is 5.88 Å². The highest BCUT2D eigenvalue weighted by Gasteiger charge is 2.35. The van der Waals surface area contributed by atoms with Crippen LogP contribution in [0.4, 0.5) is 0 Å². The summed E-state index contributed by atoms with van der Waals surface area (Å²) in [6.45, 7) is 5.97. The number of imide groups is 1. The molecule has 3 amide bonds. The number of hydrogen-bond acceptors (Lipinski definition) is 5. The molecule has 2 heterocycles. The van der Waals surface area contributed by atoms with Crippen molar-refractivity contribution in [2.24, 2.45) is 0 Å². The van der Waals surface area contributed by atoms with E-state index < -0.39 is 0 Å². The van der Waals surface area contributed by atoms with Crippen LogP contribution in [0.3, 0.4) is 0 Å². The number of pyridine rings is 1. The molecule has 28 heavy (non-hydrogen) atoms. The third kappa shape index (κ3) is 4.19. The number of hydrogen-bond donors (Lipinski definition) is 1. The van der Waals surface area contributed by atoms with Gasteiger partial charge in [0.1, 0.15) is 0 Å². The lowest BCUT2D eigenvalue weighted by Crippen LogP contribution is -2.34. The van der Waals surface area contributed by atoms with Gasteiger partial charge in [-0.3, -0.25) is 19.3 Å². The number of fused-ring (bicyclic) bond motifs is 1. The van der Waals surface area contributed by atoms with Crippen molar-refractivity contribution < 1.29 is 19.1 Å². The van der Waals surface area contributed by atoms with Crippen LogP contribution in [0, 0.1) is 6.92 Å². The van der Waals surface area contributed by atoms with Crippen molar-refractivity contribution in [3.63, 3.8) is 0 Å². The average Bonchev–Trinajstić information content (AvgIpc) is 2.89. The minimum Gasteiger partial charge on any atom is -0.475 e. The Balaban J connectivity index is 1.56. The second kappa shape index (κ2) is 8.21. The van der Waals surface area contributed by atoms with Crippen LogP contribution in [-0.4, -0.2) is 40.3 Å². The molecule has 0 fully saturated rings. The van der Waals surface area contributed by atoms with Gasteiger partial charge in [-0.1, -0.05) is 17.7 Å². The molecule has 0 saturated carbocycles. The summed E-state index contributed by atoms with van der Waals surface area (Å²) in [4.78, 5) is 42.4. The highest BCUT2D eigenvalue weighted by molar-refractivity contribution is 6.21. The minimum atomic E-state index is -0.354. The molecule has 146 valence electrons. The smallest absolute Gasteiger partial charge is 0.261 e. The number of amides is 3. The van der Waals surface area contributed by atoms with Crippen LogP contribution < -0.4 is 10.1 Å². The lowest BCUT2D eigenvalue weighted by Gasteiger charge is -2.15. The first-order valence-electron chi connectivity index (χ1n) is 9.21. The molecule has 1 N–H and O–H groups in total.